The van der Waals surface area contributed by atoms with Crippen LogP contribution in [0.15, 0.2) is 29.5 Å². The van der Waals surface area contributed by atoms with Gasteiger partial charge in [0.15, 0.2) is 0 Å². The third-order valence-corrected chi connectivity index (χ3v) is 32.0. The summed E-state index contributed by atoms with van der Waals surface area (Å²) < 4.78 is 17.3. The molecule has 0 atom stereocenters. The molecule has 0 spiro atoms. The molecule has 51 heavy (non-hydrogen) atoms. The average molecular weight is 799 g/mol. The van der Waals surface area contributed by atoms with Gasteiger partial charge in [0.2, 0.25) is 0 Å². The van der Waals surface area contributed by atoms with Gasteiger partial charge in [-0.25, -0.2) is 9.59 Å². The van der Waals surface area contributed by atoms with E-state index in [1.807, 2.05) is 25.2 Å². The maximum absolute atomic E-state index is 13.9. The summed E-state index contributed by atoms with van der Waals surface area (Å²) in [6.07, 6.45) is 5.46. The molecule has 278 valence electrons. The number of hydrogen-bond acceptors (Lipinski definition) is 8. The van der Waals surface area contributed by atoms with Crippen LogP contribution in [0, 0.1) is 0 Å². The summed E-state index contributed by atoms with van der Waals surface area (Å²) in [7, 11) is -3.65. The maximum atomic E-state index is 13.9. The minimum Gasteiger partial charge on any atom is -0.462 e. The van der Waals surface area contributed by atoms with Crippen LogP contribution in [0.2, 0.25) is 33.2 Å². The second-order valence-corrected chi connectivity index (χ2v) is 32.4. The Labute approximate surface area is 324 Å². The van der Waals surface area contributed by atoms with Gasteiger partial charge in [-0.2, -0.15) is 0 Å². The number of rotatable bonds is 14. The zero-order valence-electron chi connectivity index (χ0n) is 33.2. The van der Waals surface area contributed by atoms with Gasteiger partial charge in [0.25, 0.3) is 0 Å². The van der Waals surface area contributed by atoms with Crippen LogP contribution in [0.3, 0.4) is 0 Å². The van der Waals surface area contributed by atoms with Crippen molar-refractivity contribution < 1.29 is 19.1 Å². The molecule has 10 heteroatoms. The summed E-state index contributed by atoms with van der Waals surface area (Å²) in [5.41, 5.74) is 6.07. The molecule has 0 radical (unpaired) electrons. The topological polar surface area (TPSA) is 52.6 Å². The molecule has 0 bridgehead atoms. The second kappa shape index (κ2) is 15.5. The molecule has 0 saturated carbocycles. The maximum Gasteiger partial charge on any atom is 0.341 e. The van der Waals surface area contributed by atoms with E-state index in [1.165, 1.54) is 9.40 Å². The Hall–Kier alpha value is -1.83. The second-order valence-electron chi connectivity index (χ2n) is 16.0. The molecule has 4 nitrogen and oxygen atoms in total. The molecular formula is C41H58O4S4Si2. The Morgan fingerprint density at radius 2 is 1.06 bits per heavy atom. The predicted molar refractivity (Wildman–Crippen MR) is 233 cm³/mol. The highest BCUT2D eigenvalue weighted by molar-refractivity contribution is 7.38. The largest absolute Gasteiger partial charge is 0.462 e. The molecule has 0 amide bonds. The average Bonchev–Trinajstić information content (AvgIpc) is 3.82. The van der Waals surface area contributed by atoms with E-state index in [2.05, 4.69) is 107 Å². The zero-order chi connectivity index (χ0) is 37.7. The van der Waals surface area contributed by atoms with E-state index < -0.39 is 16.1 Å². The van der Waals surface area contributed by atoms with Gasteiger partial charge in [0.05, 0.1) is 46.7 Å². The third kappa shape index (κ3) is 6.56. The smallest absolute Gasteiger partial charge is 0.341 e. The van der Waals surface area contributed by atoms with E-state index in [0.29, 0.717) is 57.6 Å². The van der Waals surface area contributed by atoms with Gasteiger partial charge in [0.1, 0.15) is 8.07 Å². The SMILES string of the molecule is CCOC(=O)c1c(C2=CC=C([Si](C(C)C)(C(C)C)C(C)C)C2)sc2c(C(=O)OCC)c(-c3cc4sc([Si](C(C)C)(C(C)C)C(C)C)cc4s3)sc12. The van der Waals surface area contributed by atoms with Crippen molar-refractivity contribution in [2.75, 3.05) is 13.2 Å². The minimum absolute atomic E-state index is 0.290. The van der Waals surface area contributed by atoms with Crippen LogP contribution in [-0.4, -0.2) is 41.3 Å². The van der Waals surface area contributed by atoms with E-state index in [9.17, 15) is 9.59 Å². The standard InChI is InChI=1S/C41H58O4S4Si2/c1-15-44-40(42)34-36(28-17-18-29(19-28)50(22(3)4,23(5)6)24(7)8)48-39-35(41(43)45-16-2)37(49-38(34)39)32-20-30-31(46-32)21-33(47-30)51(25(9)10,26(11)12)27(13)14/h17-18,20-27H,15-16,19H2,1-14H3. The number of esters is 2. The summed E-state index contributed by atoms with van der Waals surface area (Å²) in [5.74, 6) is -0.638. The first-order valence-corrected chi connectivity index (χ1v) is 26.6. The van der Waals surface area contributed by atoms with Gasteiger partial charge >= 0.3 is 11.9 Å². The number of allylic oxidation sites excluding steroid dienone is 4. The van der Waals surface area contributed by atoms with Gasteiger partial charge in [-0.15, -0.1) is 45.3 Å². The Balaban J connectivity index is 1.67. The van der Waals surface area contributed by atoms with Crippen molar-refractivity contribution in [3.05, 3.63) is 45.5 Å². The fraction of sp³-hybridized carbons (Fsp3) is 0.561. The van der Waals surface area contributed by atoms with Crippen molar-refractivity contribution >= 4 is 102 Å². The molecule has 0 N–H and O–H groups in total. The number of ether oxygens (including phenoxy) is 2. The number of carbonyl (C=O) groups excluding carboxylic acids is 2. The first-order valence-electron chi connectivity index (χ1n) is 18.9. The molecule has 1 aliphatic carbocycles. The summed E-state index contributed by atoms with van der Waals surface area (Å²) in [6.45, 7) is 33.2. The lowest BCUT2D eigenvalue weighted by atomic mass is 10.1. The van der Waals surface area contributed by atoms with Crippen LogP contribution in [0.5, 0.6) is 0 Å². The summed E-state index contributed by atoms with van der Waals surface area (Å²) in [4.78, 5) is 30.7. The Morgan fingerprint density at radius 3 is 1.51 bits per heavy atom. The molecule has 0 saturated heterocycles. The van der Waals surface area contributed by atoms with Crippen molar-refractivity contribution in [1.82, 2.24) is 0 Å². The van der Waals surface area contributed by atoms with Crippen molar-refractivity contribution in [1.29, 1.82) is 0 Å². The van der Waals surface area contributed by atoms with Crippen molar-refractivity contribution in [3.8, 4) is 9.75 Å². The fourth-order valence-electron chi connectivity index (χ4n) is 10.2. The van der Waals surface area contributed by atoms with Crippen molar-refractivity contribution in [3.63, 3.8) is 0 Å². The van der Waals surface area contributed by atoms with Crippen LogP contribution >= 0.6 is 45.3 Å². The van der Waals surface area contributed by atoms with Crippen LogP contribution in [-0.2, 0) is 9.47 Å². The summed E-state index contributed by atoms with van der Waals surface area (Å²) >= 11 is 6.85. The highest BCUT2D eigenvalue weighted by atomic mass is 32.1. The normalized spacial score (nSPS) is 14.4. The van der Waals surface area contributed by atoms with Crippen LogP contribution in [0.25, 0.3) is 34.1 Å². The lowest BCUT2D eigenvalue weighted by molar-refractivity contribution is 0.0519. The van der Waals surface area contributed by atoms with Crippen molar-refractivity contribution in [2.45, 2.75) is 137 Å². The first kappa shape index (κ1) is 40.4. The van der Waals surface area contributed by atoms with Crippen LogP contribution in [0.4, 0.5) is 0 Å². The van der Waals surface area contributed by atoms with Gasteiger partial charge in [-0.1, -0.05) is 100 Å². The van der Waals surface area contributed by atoms with Crippen LogP contribution in [0.1, 0.15) is 129 Å². The molecular weight excluding hydrogens is 741 g/mol. The lowest BCUT2D eigenvalue weighted by Crippen LogP contribution is -2.54. The molecule has 4 aromatic rings. The van der Waals surface area contributed by atoms with Crippen molar-refractivity contribution in [2.24, 2.45) is 0 Å². The molecule has 0 aromatic carbocycles. The molecule has 5 rings (SSSR count). The summed E-state index contributed by atoms with van der Waals surface area (Å²) in [5, 5.41) is 1.56. The molecule has 0 unspecified atom stereocenters. The molecule has 1 aliphatic rings. The quantitative estimate of drug-likeness (QED) is 0.0942. The van der Waals surface area contributed by atoms with Gasteiger partial charge in [0, 0.05) is 19.2 Å². The molecule has 0 aliphatic heterocycles. The Kier molecular flexibility index (Phi) is 12.3. The van der Waals surface area contributed by atoms with E-state index >= 15 is 0 Å². The summed E-state index contributed by atoms with van der Waals surface area (Å²) in [6, 6.07) is 4.75. The van der Waals surface area contributed by atoms with E-state index in [1.54, 1.807) is 43.7 Å². The molecule has 4 heterocycles. The Morgan fingerprint density at radius 1 is 0.608 bits per heavy atom. The number of carbonyl (C=O) groups is 2. The van der Waals surface area contributed by atoms with Crippen LogP contribution < -0.4 is 4.50 Å². The number of thiophene rings is 4. The first-order chi connectivity index (χ1) is 24.0. The monoisotopic (exact) mass is 798 g/mol. The Bertz CT molecular complexity index is 1900. The van der Waals surface area contributed by atoms with E-state index in [4.69, 9.17) is 9.47 Å². The predicted octanol–water partition coefficient (Wildman–Crippen LogP) is 14.1. The molecule has 4 aromatic heterocycles. The zero-order valence-corrected chi connectivity index (χ0v) is 38.4. The van der Waals surface area contributed by atoms with Gasteiger partial charge in [-0.05, 0) is 75.7 Å². The molecule has 0 fully saturated rings. The highest BCUT2D eigenvalue weighted by Crippen LogP contribution is 2.55. The number of fused-ring (bicyclic) bond motifs is 2. The number of hydrogen-bond donors (Lipinski definition) is 0. The fourth-order valence-corrected chi connectivity index (χ4v) is 31.8. The highest BCUT2D eigenvalue weighted by Gasteiger charge is 2.47. The minimum atomic E-state index is -1.86. The third-order valence-electron chi connectivity index (χ3n) is 11.8. The van der Waals surface area contributed by atoms with E-state index in [0.717, 1.165) is 36.0 Å². The van der Waals surface area contributed by atoms with Gasteiger partial charge in [-0.3, -0.25) is 0 Å². The van der Waals surface area contributed by atoms with Gasteiger partial charge < -0.3 is 9.47 Å². The van der Waals surface area contributed by atoms with E-state index in [-0.39, 0.29) is 11.9 Å². The lowest BCUT2D eigenvalue weighted by Gasteiger charge is -2.45.